The highest BCUT2D eigenvalue weighted by atomic mass is 32.1. The van der Waals surface area contributed by atoms with Crippen LogP contribution in [0.15, 0.2) is 47.5 Å². The number of hydrogen-bond acceptors (Lipinski definition) is 5. The Morgan fingerprint density at radius 3 is 2.77 bits per heavy atom. The van der Waals surface area contributed by atoms with Crippen molar-refractivity contribution in [3.63, 3.8) is 0 Å². The number of likely N-dealkylation sites (tertiary alicyclic amines) is 1. The van der Waals surface area contributed by atoms with Crippen molar-refractivity contribution in [2.45, 2.75) is 38.3 Å². The van der Waals surface area contributed by atoms with Gasteiger partial charge in [0.1, 0.15) is 6.54 Å². The first kappa shape index (κ1) is 21.2. The van der Waals surface area contributed by atoms with Crippen LogP contribution in [-0.2, 0) is 17.8 Å². The normalized spacial score (nSPS) is 16.5. The molecule has 0 N–H and O–H groups in total. The minimum absolute atomic E-state index is 0.000317. The third-order valence-electron chi connectivity index (χ3n) is 5.77. The van der Waals surface area contributed by atoms with E-state index in [0.29, 0.717) is 13.0 Å². The van der Waals surface area contributed by atoms with E-state index >= 15 is 0 Å². The second-order valence-corrected chi connectivity index (χ2v) is 9.13. The van der Waals surface area contributed by atoms with Crippen LogP contribution < -0.4 is 5.69 Å². The van der Waals surface area contributed by atoms with Crippen LogP contribution in [0, 0.1) is 0 Å². The van der Waals surface area contributed by atoms with Crippen molar-refractivity contribution in [2.24, 2.45) is 0 Å². The van der Waals surface area contributed by atoms with Crippen molar-refractivity contribution in [3.05, 3.63) is 63.7 Å². The molecule has 2 aromatic heterocycles. The molecule has 1 atom stereocenters. The smallest absolute Gasteiger partial charge is 0.344 e. The molecule has 1 fully saturated rings. The minimum atomic E-state index is -0.424. The summed E-state index contributed by atoms with van der Waals surface area (Å²) in [4.78, 5) is 45.9. The molecule has 3 aromatic rings. The fourth-order valence-electron chi connectivity index (χ4n) is 4.20. The number of amides is 2. The van der Waals surface area contributed by atoms with Gasteiger partial charge in [0, 0.05) is 43.8 Å². The van der Waals surface area contributed by atoms with E-state index in [1.54, 1.807) is 31.3 Å². The lowest BCUT2D eigenvalue weighted by Gasteiger charge is -2.36. The number of rotatable bonds is 5. The highest BCUT2D eigenvalue weighted by Crippen LogP contribution is 2.34. The molecular formula is C23H26N4O3S. The fraction of sp³-hybridized carbons (Fsp3) is 0.391. The summed E-state index contributed by atoms with van der Waals surface area (Å²) in [6.07, 6.45) is 6.52. The van der Waals surface area contributed by atoms with Crippen LogP contribution in [-0.4, -0.2) is 57.8 Å². The predicted molar refractivity (Wildman–Crippen MR) is 121 cm³/mol. The molecule has 1 aliphatic heterocycles. The van der Waals surface area contributed by atoms with E-state index in [1.165, 1.54) is 22.1 Å². The van der Waals surface area contributed by atoms with Crippen molar-refractivity contribution >= 4 is 33.2 Å². The van der Waals surface area contributed by atoms with Gasteiger partial charge in [-0.15, -0.1) is 11.3 Å². The van der Waals surface area contributed by atoms with Gasteiger partial charge in [-0.2, -0.15) is 0 Å². The van der Waals surface area contributed by atoms with Crippen molar-refractivity contribution in [3.8, 4) is 0 Å². The van der Waals surface area contributed by atoms with Crippen LogP contribution >= 0.6 is 11.3 Å². The van der Waals surface area contributed by atoms with Gasteiger partial charge >= 0.3 is 5.69 Å². The van der Waals surface area contributed by atoms with Crippen molar-refractivity contribution in [1.29, 1.82) is 0 Å². The standard InChI is InChI=1S/C23H26N4O3S/c1-25(2)22(29)21-18(17-9-3-4-10-19(17)31-21)14-16-8-5-6-13-27(16)20(28)15-26-12-7-11-24-23(26)30/h3-4,7,9-12,16H,5-6,8,13-15H2,1-2H3. The molecule has 162 valence electrons. The lowest BCUT2D eigenvalue weighted by atomic mass is 9.93. The van der Waals surface area contributed by atoms with Crippen molar-refractivity contribution in [1.82, 2.24) is 19.4 Å². The number of piperidine rings is 1. The van der Waals surface area contributed by atoms with Gasteiger partial charge in [0.25, 0.3) is 5.91 Å². The summed E-state index contributed by atoms with van der Waals surface area (Å²) in [5.74, 6) is -0.0911. The lowest BCUT2D eigenvalue weighted by molar-refractivity contribution is -0.135. The fourth-order valence-corrected chi connectivity index (χ4v) is 5.45. The molecule has 0 radical (unpaired) electrons. The molecular weight excluding hydrogens is 412 g/mol. The first-order valence-corrected chi connectivity index (χ1v) is 11.3. The summed E-state index contributed by atoms with van der Waals surface area (Å²) in [6.45, 7) is 0.647. The van der Waals surface area contributed by atoms with Crippen LogP contribution in [0.3, 0.4) is 0 Å². The molecule has 0 aliphatic carbocycles. The number of carbonyl (C=O) groups excluding carboxylic acids is 2. The van der Waals surface area contributed by atoms with Crippen LogP contribution in [0.4, 0.5) is 0 Å². The molecule has 4 rings (SSSR count). The maximum Gasteiger partial charge on any atom is 0.347 e. The average molecular weight is 439 g/mol. The zero-order valence-corrected chi connectivity index (χ0v) is 18.6. The summed E-state index contributed by atoms with van der Waals surface area (Å²) >= 11 is 1.51. The maximum atomic E-state index is 13.1. The molecule has 1 unspecified atom stereocenters. The van der Waals surface area contributed by atoms with E-state index in [0.717, 1.165) is 39.8 Å². The molecule has 7 nitrogen and oxygen atoms in total. The van der Waals surface area contributed by atoms with E-state index in [1.807, 2.05) is 23.1 Å². The van der Waals surface area contributed by atoms with Gasteiger partial charge in [0.15, 0.2) is 0 Å². The number of hydrogen-bond donors (Lipinski definition) is 0. The van der Waals surface area contributed by atoms with E-state index in [2.05, 4.69) is 11.1 Å². The quantitative estimate of drug-likeness (QED) is 0.614. The second kappa shape index (κ2) is 9.01. The Morgan fingerprint density at radius 1 is 1.19 bits per heavy atom. The van der Waals surface area contributed by atoms with Crippen LogP contribution in [0.1, 0.15) is 34.5 Å². The van der Waals surface area contributed by atoms with E-state index in [9.17, 15) is 14.4 Å². The Bertz CT molecular complexity index is 1170. The summed E-state index contributed by atoms with van der Waals surface area (Å²) in [7, 11) is 3.52. The van der Waals surface area contributed by atoms with E-state index in [4.69, 9.17) is 0 Å². The predicted octanol–water partition coefficient (Wildman–Crippen LogP) is 2.78. The number of carbonyl (C=O) groups is 2. The highest BCUT2D eigenvalue weighted by Gasteiger charge is 2.30. The molecule has 3 heterocycles. The Labute approximate surface area is 184 Å². The molecule has 1 aliphatic rings. The molecule has 1 aromatic carbocycles. The lowest BCUT2D eigenvalue weighted by Crippen LogP contribution is -2.47. The van der Waals surface area contributed by atoms with Crippen molar-refractivity contribution in [2.75, 3.05) is 20.6 Å². The van der Waals surface area contributed by atoms with Gasteiger partial charge in [-0.1, -0.05) is 18.2 Å². The summed E-state index contributed by atoms with van der Waals surface area (Å²) in [5, 5.41) is 1.08. The Kier molecular flexibility index (Phi) is 6.18. The van der Waals surface area contributed by atoms with Gasteiger partial charge in [0.05, 0.1) is 4.88 Å². The van der Waals surface area contributed by atoms with Crippen LogP contribution in [0.5, 0.6) is 0 Å². The SMILES string of the molecule is CN(C)C(=O)c1sc2ccccc2c1CC1CCCCN1C(=O)Cn1cccnc1=O. The summed E-state index contributed by atoms with van der Waals surface area (Å²) in [5.41, 5.74) is 0.592. The highest BCUT2D eigenvalue weighted by molar-refractivity contribution is 7.21. The van der Waals surface area contributed by atoms with E-state index < -0.39 is 5.69 Å². The number of benzene rings is 1. The zero-order valence-electron chi connectivity index (χ0n) is 17.8. The third kappa shape index (κ3) is 4.39. The zero-order chi connectivity index (χ0) is 22.0. The Hall–Kier alpha value is -3.00. The monoisotopic (exact) mass is 438 g/mol. The molecule has 2 amide bonds. The molecule has 31 heavy (non-hydrogen) atoms. The number of thiophene rings is 1. The van der Waals surface area contributed by atoms with Gasteiger partial charge in [-0.3, -0.25) is 14.2 Å². The average Bonchev–Trinajstić information content (AvgIpc) is 3.13. The topological polar surface area (TPSA) is 75.5 Å². The number of nitrogens with zero attached hydrogens (tertiary/aromatic N) is 4. The van der Waals surface area contributed by atoms with Crippen molar-refractivity contribution < 1.29 is 9.59 Å². The van der Waals surface area contributed by atoms with Gasteiger partial charge in [-0.25, -0.2) is 9.78 Å². The van der Waals surface area contributed by atoms with Gasteiger partial charge < -0.3 is 9.80 Å². The molecule has 0 saturated carbocycles. The second-order valence-electron chi connectivity index (χ2n) is 8.08. The largest absolute Gasteiger partial charge is 0.347 e. The maximum absolute atomic E-state index is 13.1. The number of fused-ring (bicyclic) bond motifs is 1. The minimum Gasteiger partial charge on any atom is -0.344 e. The summed E-state index contributed by atoms with van der Waals surface area (Å²) in [6, 6.07) is 9.71. The van der Waals surface area contributed by atoms with E-state index in [-0.39, 0.29) is 24.4 Å². The first-order valence-electron chi connectivity index (χ1n) is 10.5. The third-order valence-corrected chi connectivity index (χ3v) is 6.98. The van der Waals surface area contributed by atoms with Gasteiger partial charge in [-0.05, 0) is 48.8 Å². The molecule has 8 heteroatoms. The molecule has 0 spiro atoms. The molecule has 1 saturated heterocycles. The summed E-state index contributed by atoms with van der Waals surface area (Å²) < 4.78 is 2.42. The Balaban J connectivity index is 1.64. The van der Waals surface area contributed by atoms with Gasteiger partial charge in [0.2, 0.25) is 5.91 Å². The Morgan fingerprint density at radius 2 is 2.00 bits per heavy atom. The number of aromatic nitrogens is 2. The molecule has 0 bridgehead atoms. The van der Waals surface area contributed by atoms with Crippen LogP contribution in [0.25, 0.3) is 10.1 Å². The van der Waals surface area contributed by atoms with Crippen LogP contribution in [0.2, 0.25) is 0 Å². The first-order chi connectivity index (χ1) is 15.0.